The molecule has 7 nitrogen and oxygen atoms in total. The summed E-state index contributed by atoms with van der Waals surface area (Å²) in [6.07, 6.45) is 0. The number of hydrogen-bond donors (Lipinski definition) is 1. The number of hydrogen-bond acceptors (Lipinski definition) is 6. The fourth-order valence-electron chi connectivity index (χ4n) is 4.00. The molecule has 0 aliphatic carbocycles. The van der Waals surface area contributed by atoms with Gasteiger partial charge in [-0.1, -0.05) is 72.8 Å². The van der Waals surface area contributed by atoms with Gasteiger partial charge in [-0.15, -0.1) is 10.2 Å². The molecule has 4 aromatic carbocycles. The highest BCUT2D eigenvalue weighted by Crippen LogP contribution is 2.37. The summed E-state index contributed by atoms with van der Waals surface area (Å²) in [5.74, 6) is 0.745. The van der Waals surface area contributed by atoms with E-state index in [9.17, 15) is 0 Å². The van der Waals surface area contributed by atoms with E-state index in [2.05, 4.69) is 90.7 Å². The zero-order valence-electron chi connectivity index (χ0n) is 18.9. The predicted octanol–water partition coefficient (Wildman–Crippen LogP) is 0.900. The molecule has 5 rings (SSSR count). The lowest BCUT2D eigenvalue weighted by Gasteiger charge is -2.17. The zero-order chi connectivity index (χ0) is 25.2. The number of rotatable bonds is 3. The molecule has 0 unspecified atom stereocenters. The maximum Gasteiger partial charge on any atom is 0.160 e. The Balaban J connectivity index is 0.000000527. The summed E-state index contributed by atoms with van der Waals surface area (Å²) in [6.45, 7) is 0. The average Bonchev–Trinajstić information content (AvgIpc) is 2.83. The van der Waals surface area contributed by atoms with Gasteiger partial charge in [-0.25, -0.2) is 28.6 Å². The van der Waals surface area contributed by atoms with Crippen LogP contribution in [0.4, 0.5) is 5.69 Å². The van der Waals surface area contributed by atoms with Gasteiger partial charge in [-0.3, -0.25) is 0 Å². The predicted molar refractivity (Wildman–Crippen MR) is 128 cm³/mol. The molecule has 0 spiro atoms. The van der Waals surface area contributed by atoms with E-state index in [-0.39, 0.29) is 0 Å². The number of benzene rings is 4. The highest BCUT2D eigenvalue weighted by Gasteiger charge is 2.19. The normalized spacial score (nSPS) is 11.5. The molecule has 1 heterocycles. The molecule has 1 aromatic heterocycles. The molecular formula is C26H21BrClN3O4. The van der Waals surface area contributed by atoms with Crippen LogP contribution in [0.15, 0.2) is 89.4 Å². The second-order valence-electron chi connectivity index (χ2n) is 7.99. The van der Waals surface area contributed by atoms with E-state index in [0.717, 1.165) is 38.0 Å². The van der Waals surface area contributed by atoms with Crippen LogP contribution >= 0.6 is 15.9 Å². The van der Waals surface area contributed by atoms with Crippen LogP contribution in [0.5, 0.6) is 0 Å². The molecule has 0 radical (unpaired) electrons. The summed E-state index contributed by atoms with van der Waals surface area (Å²) in [7, 11) is -0.647. The van der Waals surface area contributed by atoms with Crippen molar-refractivity contribution < 1.29 is 33.8 Å². The van der Waals surface area contributed by atoms with Gasteiger partial charge in [0.1, 0.15) is 0 Å². The van der Waals surface area contributed by atoms with E-state index < -0.39 is 10.2 Å². The molecule has 0 fully saturated rings. The Labute approximate surface area is 212 Å². The van der Waals surface area contributed by atoms with Crippen LogP contribution in [0.1, 0.15) is 0 Å². The monoisotopic (exact) mass is 553 g/mol. The first-order valence-corrected chi connectivity index (χ1v) is 12.6. The van der Waals surface area contributed by atoms with E-state index >= 15 is 0 Å². The van der Waals surface area contributed by atoms with Crippen LogP contribution in [0.25, 0.3) is 44.3 Å². The molecule has 0 aliphatic heterocycles. The SMILES string of the molecule is C[NH+](C)c1c(Br)ccc2ccc3c(-c4ccccc4)nc(-c4ccccc4)nc3c12.[O-][Cl+3]([O-])([O-])[O-]. The van der Waals surface area contributed by atoms with Gasteiger partial charge in [0, 0.05) is 16.5 Å². The molecule has 0 saturated heterocycles. The van der Waals surface area contributed by atoms with Gasteiger partial charge in [0.25, 0.3) is 0 Å². The molecule has 0 amide bonds. The lowest BCUT2D eigenvalue weighted by Crippen LogP contribution is -3.00. The van der Waals surface area contributed by atoms with Gasteiger partial charge < -0.3 is 4.90 Å². The van der Waals surface area contributed by atoms with Gasteiger partial charge in [0.2, 0.25) is 0 Å². The fourth-order valence-corrected chi connectivity index (χ4v) is 4.73. The number of nitrogens with zero attached hydrogens (tertiary/aromatic N) is 2. The van der Waals surface area contributed by atoms with Crippen molar-refractivity contribution in [1.82, 2.24) is 9.97 Å². The Morgan fingerprint density at radius 2 is 1.26 bits per heavy atom. The summed E-state index contributed by atoms with van der Waals surface area (Å²) in [4.78, 5) is 11.4. The number of aromatic nitrogens is 2. The maximum absolute atomic E-state index is 8.49. The minimum Gasteiger partial charge on any atom is -0.306 e. The third kappa shape index (κ3) is 5.83. The molecule has 5 aromatic rings. The van der Waals surface area contributed by atoms with Crippen LogP contribution < -0.4 is 23.5 Å². The van der Waals surface area contributed by atoms with Crippen molar-refractivity contribution >= 4 is 43.3 Å². The second-order valence-corrected chi connectivity index (χ2v) is 9.60. The molecular weight excluding hydrogens is 534 g/mol. The summed E-state index contributed by atoms with van der Waals surface area (Å²) < 4.78 is 35.1. The average molecular weight is 555 g/mol. The largest absolute Gasteiger partial charge is 0.306 e. The van der Waals surface area contributed by atoms with Crippen LogP contribution in [-0.4, -0.2) is 24.1 Å². The van der Waals surface area contributed by atoms with Crippen molar-refractivity contribution in [2.75, 3.05) is 14.1 Å². The molecule has 1 N–H and O–H groups in total. The standard InChI is InChI=1S/C26H20BrN3.ClHO4/c1-30(2)25-21(27)16-14-17-13-15-20-23(18-9-5-3-6-10-18)28-26(29-24(20)22(17)25)19-11-7-4-8-12-19;2-1(3,4)5/h3-16H,1-2H3;(H,2,3,4,5). The van der Waals surface area contributed by atoms with Crippen molar-refractivity contribution in [1.29, 1.82) is 0 Å². The molecule has 0 atom stereocenters. The van der Waals surface area contributed by atoms with Crippen LogP contribution in [0.2, 0.25) is 0 Å². The highest BCUT2D eigenvalue weighted by atomic mass is 79.9. The third-order valence-corrected chi connectivity index (χ3v) is 6.04. The minimum absolute atomic E-state index is 0.745. The number of halogens is 2. The quantitative estimate of drug-likeness (QED) is 0.331. The first kappa shape index (κ1) is 25.2. The van der Waals surface area contributed by atoms with E-state index in [0.29, 0.717) is 0 Å². The highest BCUT2D eigenvalue weighted by molar-refractivity contribution is 9.10. The smallest absolute Gasteiger partial charge is 0.160 e. The van der Waals surface area contributed by atoms with Gasteiger partial charge in [0.15, 0.2) is 11.5 Å². The van der Waals surface area contributed by atoms with Gasteiger partial charge in [0.05, 0.1) is 35.2 Å². The Morgan fingerprint density at radius 1 is 0.714 bits per heavy atom. The Kier molecular flexibility index (Phi) is 7.44. The van der Waals surface area contributed by atoms with Crippen molar-refractivity contribution in [3.8, 4) is 22.6 Å². The maximum atomic E-state index is 8.49. The van der Waals surface area contributed by atoms with E-state index in [1.165, 1.54) is 21.4 Å². The number of quaternary nitrogens is 1. The van der Waals surface area contributed by atoms with Gasteiger partial charge >= 0.3 is 0 Å². The second kappa shape index (κ2) is 10.3. The van der Waals surface area contributed by atoms with Crippen molar-refractivity contribution in [2.24, 2.45) is 0 Å². The van der Waals surface area contributed by atoms with Crippen molar-refractivity contribution in [3.63, 3.8) is 0 Å². The zero-order valence-corrected chi connectivity index (χ0v) is 21.2. The van der Waals surface area contributed by atoms with E-state index in [1.807, 2.05) is 24.3 Å². The Bertz CT molecular complexity index is 1470. The van der Waals surface area contributed by atoms with Crippen LogP contribution in [0.3, 0.4) is 0 Å². The molecule has 35 heavy (non-hydrogen) atoms. The van der Waals surface area contributed by atoms with Gasteiger partial charge in [-0.2, -0.15) is 0 Å². The Morgan fingerprint density at radius 3 is 1.83 bits per heavy atom. The third-order valence-electron chi connectivity index (χ3n) is 5.38. The fraction of sp³-hybridized carbons (Fsp3) is 0.0769. The van der Waals surface area contributed by atoms with E-state index in [4.69, 9.17) is 28.6 Å². The molecule has 0 aliphatic rings. The van der Waals surface area contributed by atoms with Crippen molar-refractivity contribution in [3.05, 3.63) is 89.4 Å². The van der Waals surface area contributed by atoms with Gasteiger partial charge in [-0.05, 0) is 33.4 Å². The lowest BCUT2D eigenvalue weighted by atomic mass is 10.00. The topological polar surface area (TPSA) is 122 Å². The first-order chi connectivity index (χ1) is 16.6. The summed E-state index contributed by atoms with van der Waals surface area (Å²) in [5, 5.41) is 3.41. The number of nitrogens with one attached hydrogen (secondary N) is 1. The molecule has 0 bridgehead atoms. The molecule has 9 heteroatoms. The summed E-state index contributed by atoms with van der Waals surface area (Å²) >= 11 is 3.77. The van der Waals surface area contributed by atoms with Crippen molar-refractivity contribution in [2.45, 2.75) is 0 Å². The Hall–Kier alpha value is -2.95. The van der Waals surface area contributed by atoms with Crippen LogP contribution in [0, 0.1) is 10.2 Å². The lowest BCUT2D eigenvalue weighted by molar-refractivity contribution is -2.00. The molecule has 178 valence electrons. The summed E-state index contributed by atoms with van der Waals surface area (Å²) in [6, 6.07) is 29.2. The molecule has 0 saturated carbocycles. The minimum atomic E-state index is -4.94. The van der Waals surface area contributed by atoms with Crippen LogP contribution in [-0.2, 0) is 0 Å². The first-order valence-electron chi connectivity index (χ1n) is 10.6. The summed E-state index contributed by atoms with van der Waals surface area (Å²) in [5.41, 5.74) is 5.26. The van der Waals surface area contributed by atoms with E-state index in [1.54, 1.807) is 0 Å². The number of fused-ring (bicyclic) bond motifs is 3.